The van der Waals surface area contributed by atoms with Crippen molar-refractivity contribution in [2.24, 2.45) is 0 Å². The Morgan fingerprint density at radius 1 is 0.893 bits per heavy atom. The molecule has 0 radical (unpaired) electrons. The van der Waals surface area contributed by atoms with Crippen LogP contribution in [0.3, 0.4) is 0 Å². The van der Waals surface area contributed by atoms with Gasteiger partial charge in [0.1, 0.15) is 0 Å². The maximum absolute atomic E-state index is 3.75. The summed E-state index contributed by atoms with van der Waals surface area (Å²) in [5, 5.41) is 3.61. The molecule has 0 bridgehead atoms. The number of allylic oxidation sites excluding steroid dienone is 2. The van der Waals surface area contributed by atoms with Crippen molar-refractivity contribution in [1.82, 2.24) is 4.98 Å². The number of para-hydroxylation sites is 2. The van der Waals surface area contributed by atoms with E-state index >= 15 is 0 Å². The number of hydrogen-bond acceptors (Lipinski definition) is 2. The van der Waals surface area contributed by atoms with Gasteiger partial charge in [0, 0.05) is 40.7 Å². The Morgan fingerprint density at radius 3 is 2.64 bits per heavy atom. The smallest absolute Gasteiger partial charge is 0.0680 e. The highest BCUT2D eigenvalue weighted by Gasteiger charge is 2.37. The van der Waals surface area contributed by atoms with Crippen molar-refractivity contribution >= 4 is 23.1 Å². The molecular weight excluding hydrogens is 342 g/mol. The van der Waals surface area contributed by atoms with Crippen molar-refractivity contribution < 1.29 is 0 Å². The molecule has 3 aliphatic rings. The lowest BCUT2D eigenvalue weighted by Gasteiger charge is -2.36. The number of hydrogen-bond donors (Lipinski definition) is 2. The fourth-order valence-corrected chi connectivity index (χ4v) is 4.78. The van der Waals surface area contributed by atoms with Crippen LogP contribution in [0.15, 0.2) is 85.0 Å². The Morgan fingerprint density at radius 2 is 1.71 bits per heavy atom. The molecule has 3 heteroatoms. The Kier molecular flexibility index (Phi) is 3.36. The molecule has 2 aliphatic heterocycles. The van der Waals surface area contributed by atoms with Gasteiger partial charge < -0.3 is 15.2 Å². The first-order valence-corrected chi connectivity index (χ1v) is 9.87. The van der Waals surface area contributed by atoms with Gasteiger partial charge in [0.25, 0.3) is 0 Å². The summed E-state index contributed by atoms with van der Waals surface area (Å²) in [6.45, 7) is 0.867. The third-order valence-corrected chi connectivity index (χ3v) is 5.94. The number of aromatic nitrogens is 1. The number of nitrogens with one attached hydrogen (secondary N) is 2. The number of benzene rings is 2. The van der Waals surface area contributed by atoms with Crippen LogP contribution in [0.25, 0.3) is 17.2 Å². The van der Waals surface area contributed by atoms with Gasteiger partial charge in [-0.15, -0.1) is 0 Å². The molecule has 1 aliphatic carbocycles. The molecule has 2 N–H and O–H groups in total. The van der Waals surface area contributed by atoms with Crippen molar-refractivity contribution in [1.29, 1.82) is 0 Å². The number of H-pyrrole nitrogens is 1. The molecule has 0 amide bonds. The molecule has 3 aromatic rings. The van der Waals surface area contributed by atoms with Gasteiger partial charge in [-0.05, 0) is 24.3 Å². The SMILES string of the molecule is C1=CC2c3[nH]c4c(c3-c3ccccc3N(c3ccccc3)C2C=C1)NCC=C4. The molecule has 28 heavy (non-hydrogen) atoms. The zero-order valence-corrected chi connectivity index (χ0v) is 15.5. The van der Waals surface area contributed by atoms with Crippen LogP contribution in [0.2, 0.25) is 0 Å². The number of rotatable bonds is 1. The number of fused-ring (bicyclic) bond motifs is 7. The second-order valence-corrected chi connectivity index (χ2v) is 7.49. The minimum absolute atomic E-state index is 0.221. The van der Waals surface area contributed by atoms with E-state index in [1.165, 1.54) is 39.6 Å². The zero-order valence-electron chi connectivity index (χ0n) is 15.5. The van der Waals surface area contributed by atoms with Crippen LogP contribution in [-0.4, -0.2) is 17.6 Å². The van der Waals surface area contributed by atoms with Crippen molar-refractivity contribution in [2.75, 3.05) is 16.8 Å². The first kappa shape index (κ1) is 15.6. The van der Waals surface area contributed by atoms with E-state index < -0.39 is 0 Å². The summed E-state index contributed by atoms with van der Waals surface area (Å²) in [5.74, 6) is 0.258. The van der Waals surface area contributed by atoms with Gasteiger partial charge in [-0.2, -0.15) is 0 Å². The van der Waals surface area contributed by atoms with Gasteiger partial charge in [0.2, 0.25) is 0 Å². The van der Waals surface area contributed by atoms with Gasteiger partial charge in [-0.3, -0.25) is 0 Å². The molecule has 2 aromatic carbocycles. The second kappa shape index (κ2) is 6.03. The van der Waals surface area contributed by atoms with Crippen molar-refractivity contribution in [3.8, 4) is 11.1 Å². The lowest BCUT2D eigenvalue weighted by Crippen LogP contribution is -2.34. The summed E-state index contributed by atoms with van der Waals surface area (Å²) in [6.07, 6.45) is 13.4. The molecule has 6 rings (SSSR count). The summed E-state index contributed by atoms with van der Waals surface area (Å²) in [6, 6.07) is 19.7. The first-order chi connectivity index (χ1) is 13.9. The predicted octanol–water partition coefficient (Wildman–Crippen LogP) is 5.85. The largest absolute Gasteiger partial charge is 0.379 e. The average Bonchev–Trinajstić information content (AvgIpc) is 3.09. The van der Waals surface area contributed by atoms with E-state index in [1.54, 1.807) is 0 Å². The Hall–Kier alpha value is -3.46. The number of nitrogens with zero attached hydrogens (tertiary/aromatic N) is 1. The fourth-order valence-electron chi connectivity index (χ4n) is 4.78. The van der Waals surface area contributed by atoms with Crippen LogP contribution >= 0.6 is 0 Å². The summed E-state index contributed by atoms with van der Waals surface area (Å²) >= 11 is 0. The van der Waals surface area contributed by atoms with Gasteiger partial charge in [0.05, 0.1) is 17.4 Å². The zero-order chi connectivity index (χ0) is 18.5. The normalized spacial score (nSPS) is 21.2. The maximum Gasteiger partial charge on any atom is 0.0680 e. The van der Waals surface area contributed by atoms with Gasteiger partial charge >= 0.3 is 0 Å². The number of anilines is 3. The minimum Gasteiger partial charge on any atom is -0.379 e. The molecule has 3 nitrogen and oxygen atoms in total. The molecule has 2 unspecified atom stereocenters. The highest BCUT2D eigenvalue weighted by atomic mass is 15.2. The third-order valence-electron chi connectivity index (χ3n) is 5.94. The van der Waals surface area contributed by atoms with E-state index in [2.05, 4.69) is 106 Å². The van der Waals surface area contributed by atoms with Crippen LogP contribution in [0, 0.1) is 0 Å². The fraction of sp³-hybridized carbons (Fsp3) is 0.120. The highest BCUT2D eigenvalue weighted by molar-refractivity contribution is 5.96. The number of aromatic amines is 1. The van der Waals surface area contributed by atoms with Crippen LogP contribution in [0.5, 0.6) is 0 Å². The minimum atomic E-state index is 0.221. The van der Waals surface area contributed by atoms with E-state index in [9.17, 15) is 0 Å². The standard InChI is InChI=1S/C25H21N3/c1-2-9-17(10-3-1)28-21-14-6-4-11-18(21)23-24(19-12-5-7-15-22(19)28)27-20-13-8-16-26-25(20)23/h1-15,19,22,26-27H,16H2. The highest BCUT2D eigenvalue weighted by Crippen LogP contribution is 2.51. The topological polar surface area (TPSA) is 31.1 Å². The first-order valence-electron chi connectivity index (χ1n) is 9.87. The van der Waals surface area contributed by atoms with Gasteiger partial charge in [-0.1, -0.05) is 66.8 Å². The van der Waals surface area contributed by atoms with E-state index in [0.29, 0.717) is 0 Å². The summed E-state index contributed by atoms with van der Waals surface area (Å²) in [7, 11) is 0. The van der Waals surface area contributed by atoms with Crippen molar-refractivity contribution in [3.05, 3.63) is 96.4 Å². The molecule has 0 saturated heterocycles. The summed E-state index contributed by atoms with van der Waals surface area (Å²) in [4.78, 5) is 6.23. The van der Waals surface area contributed by atoms with Crippen LogP contribution in [0.4, 0.5) is 17.1 Å². The third kappa shape index (κ3) is 2.16. The molecule has 2 atom stereocenters. The Balaban J connectivity index is 1.68. The van der Waals surface area contributed by atoms with Crippen LogP contribution in [0.1, 0.15) is 17.3 Å². The van der Waals surface area contributed by atoms with Gasteiger partial charge in [0.15, 0.2) is 0 Å². The average molecular weight is 363 g/mol. The van der Waals surface area contributed by atoms with E-state index in [1.807, 2.05) is 0 Å². The van der Waals surface area contributed by atoms with Crippen molar-refractivity contribution in [3.63, 3.8) is 0 Å². The maximum atomic E-state index is 3.75. The summed E-state index contributed by atoms with van der Waals surface area (Å²) < 4.78 is 0. The lowest BCUT2D eigenvalue weighted by molar-refractivity contribution is 0.684. The predicted molar refractivity (Wildman–Crippen MR) is 117 cm³/mol. The summed E-state index contributed by atoms with van der Waals surface area (Å²) in [5.41, 5.74) is 8.75. The molecule has 136 valence electrons. The monoisotopic (exact) mass is 363 g/mol. The van der Waals surface area contributed by atoms with Crippen molar-refractivity contribution in [2.45, 2.75) is 12.0 Å². The lowest BCUT2D eigenvalue weighted by atomic mass is 9.89. The van der Waals surface area contributed by atoms with Crippen LogP contribution in [-0.2, 0) is 0 Å². The molecule has 3 heterocycles. The molecule has 1 aromatic heterocycles. The Bertz CT molecular complexity index is 1130. The molecular formula is C25H21N3. The second-order valence-electron chi connectivity index (χ2n) is 7.49. The van der Waals surface area contributed by atoms with Gasteiger partial charge in [-0.25, -0.2) is 0 Å². The molecule has 0 saturated carbocycles. The molecule has 0 fully saturated rings. The van der Waals surface area contributed by atoms with E-state index in [-0.39, 0.29) is 12.0 Å². The quantitative estimate of drug-likeness (QED) is 0.568. The van der Waals surface area contributed by atoms with E-state index in [4.69, 9.17) is 0 Å². The van der Waals surface area contributed by atoms with E-state index in [0.717, 1.165) is 6.54 Å². The van der Waals surface area contributed by atoms with Crippen LogP contribution < -0.4 is 10.2 Å². The Labute approximate surface area is 164 Å². The molecule has 0 spiro atoms.